The molecular weight excluding hydrogens is 376 g/mol. The van der Waals surface area contributed by atoms with E-state index in [0.29, 0.717) is 11.4 Å². The molecule has 0 fully saturated rings. The number of aromatic nitrogens is 2. The third kappa shape index (κ3) is 4.62. The molecule has 1 amide bonds. The first-order chi connectivity index (χ1) is 12.9. The van der Waals surface area contributed by atoms with Crippen molar-refractivity contribution in [3.05, 3.63) is 82.9 Å². The van der Waals surface area contributed by atoms with E-state index in [2.05, 4.69) is 10.3 Å². The Labute approximate surface area is 159 Å². The maximum Gasteiger partial charge on any atom is 0.258 e. The monoisotopic (exact) mass is 391 g/mol. The van der Waals surface area contributed by atoms with Crippen LogP contribution in [-0.2, 0) is 11.8 Å². The molecule has 27 heavy (non-hydrogen) atoms. The van der Waals surface area contributed by atoms with E-state index in [1.165, 1.54) is 24.3 Å². The van der Waals surface area contributed by atoms with E-state index in [-0.39, 0.29) is 23.2 Å². The Balaban J connectivity index is 1.74. The fourth-order valence-electron chi connectivity index (χ4n) is 2.55. The van der Waals surface area contributed by atoms with Crippen molar-refractivity contribution in [2.24, 2.45) is 7.05 Å². The molecule has 5 nitrogen and oxygen atoms in total. The summed E-state index contributed by atoms with van der Waals surface area (Å²) in [4.78, 5) is 16.6. The van der Waals surface area contributed by atoms with Crippen LogP contribution in [0.25, 0.3) is 0 Å². The highest BCUT2D eigenvalue weighted by Crippen LogP contribution is 2.25. The summed E-state index contributed by atoms with van der Waals surface area (Å²) in [5.74, 6) is -0.535. The second-order valence-electron chi connectivity index (χ2n) is 5.81. The molecule has 0 aliphatic carbocycles. The van der Waals surface area contributed by atoms with Crippen LogP contribution < -0.4 is 10.1 Å². The van der Waals surface area contributed by atoms with Crippen LogP contribution in [0.2, 0.25) is 5.02 Å². The van der Waals surface area contributed by atoms with E-state index in [0.717, 1.165) is 6.07 Å². The van der Waals surface area contributed by atoms with Crippen LogP contribution >= 0.6 is 11.6 Å². The number of nitrogens with one attached hydrogen (secondary N) is 1. The van der Waals surface area contributed by atoms with Crippen LogP contribution in [0, 0.1) is 11.6 Å². The number of rotatable bonds is 6. The average Bonchev–Trinajstić information content (AvgIpc) is 3.05. The Hall–Kier alpha value is -2.93. The van der Waals surface area contributed by atoms with Gasteiger partial charge in [0.2, 0.25) is 0 Å². The second-order valence-corrected chi connectivity index (χ2v) is 6.22. The third-order valence-electron chi connectivity index (χ3n) is 3.88. The molecule has 0 bridgehead atoms. The zero-order valence-corrected chi connectivity index (χ0v) is 15.1. The van der Waals surface area contributed by atoms with Crippen LogP contribution in [0.3, 0.4) is 0 Å². The van der Waals surface area contributed by atoms with Crippen molar-refractivity contribution in [3.63, 3.8) is 0 Å². The summed E-state index contributed by atoms with van der Waals surface area (Å²) < 4.78 is 33.4. The molecule has 2 aromatic carbocycles. The number of carbonyl (C=O) groups excluding carboxylic acids is 1. The molecule has 1 heterocycles. The molecule has 0 unspecified atom stereocenters. The summed E-state index contributed by atoms with van der Waals surface area (Å²) >= 11 is 5.89. The van der Waals surface area contributed by atoms with Crippen molar-refractivity contribution in [2.75, 3.05) is 6.61 Å². The largest absolute Gasteiger partial charge is 0.482 e. The zero-order valence-electron chi connectivity index (χ0n) is 14.3. The number of carbonyl (C=O) groups is 1. The van der Waals surface area contributed by atoms with Gasteiger partial charge in [0.15, 0.2) is 6.61 Å². The average molecular weight is 392 g/mol. The van der Waals surface area contributed by atoms with Gasteiger partial charge in [-0.1, -0.05) is 23.7 Å². The first-order valence-electron chi connectivity index (χ1n) is 8.04. The van der Waals surface area contributed by atoms with Gasteiger partial charge >= 0.3 is 0 Å². The predicted molar refractivity (Wildman–Crippen MR) is 96.5 cm³/mol. The van der Waals surface area contributed by atoms with Crippen LogP contribution in [0.4, 0.5) is 8.78 Å². The molecule has 0 spiro atoms. The molecule has 0 saturated heterocycles. The highest BCUT2D eigenvalue weighted by molar-refractivity contribution is 6.32. The molecule has 8 heteroatoms. The number of amides is 1. The van der Waals surface area contributed by atoms with Gasteiger partial charge in [0.25, 0.3) is 5.91 Å². The van der Waals surface area contributed by atoms with Crippen LogP contribution in [0.15, 0.2) is 54.9 Å². The molecule has 3 aromatic rings. The van der Waals surface area contributed by atoms with Gasteiger partial charge in [0, 0.05) is 19.4 Å². The Morgan fingerprint density at radius 1 is 1.22 bits per heavy atom. The van der Waals surface area contributed by atoms with E-state index in [4.69, 9.17) is 16.3 Å². The number of halogens is 3. The highest BCUT2D eigenvalue weighted by Gasteiger charge is 2.21. The van der Waals surface area contributed by atoms with Gasteiger partial charge < -0.3 is 14.6 Å². The van der Waals surface area contributed by atoms with Crippen molar-refractivity contribution >= 4 is 17.5 Å². The van der Waals surface area contributed by atoms with E-state index >= 15 is 0 Å². The van der Waals surface area contributed by atoms with Crippen molar-refractivity contribution in [2.45, 2.75) is 6.04 Å². The topological polar surface area (TPSA) is 56.2 Å². The summed E-state index contributed by atoms with van der Waals surface area (Å²) in [6.45, 7) is -0.326. The smallest absolute Gasteiger partial charge is 0.258 e. The van der Waals surface area contributed by atoms with Crippen molar-refractivity contribution < 1.29 is 18.3 Å². The Kier molecular flexibility index (Phi) is 5.71. The molecule has 0 aliphatic heterocycles. The Morgan fingerprint density at radius 3 is 2.56 bits per heavy atom. The molecule has 0 aliphatic rings. The summed E-state index contributed by atoms with van der Waals surface area (Å²) in [5.41, 5.74) is 0.666. The molecule has 3 rings (SSSR count). The maximum absolute atomic E-state index is 13.2. The van der Waals surface area contributed by atoms with Crippen molar-refractivity contribution in [3.8, 4) is 5.75 Å². The minimum atomic E-state index is -0.592. The van der Waals surface area contributed by atoms with E-state index in [9.17, 15) is 13.6 Å². The predicted octanol–water partition coefficient (Wildman–Crippen LogP) is 3.64. The van der Waals surface area contributed by atoms with Gasteiger partial charge in [-0.25, -0.2) is 13.8 Å². The van der Waals surface area contributed by atoms with E-state index < -0.39 is 17.8 Å². The van der Waals surface area contributed by atoms with Gasteiger partial charge in [-0.3, -0.25) is 4.79 Å². The number of hydrogen-bond donors (Lipinski definition) is 1. The van der Waals surface area contributed by atoms with Gasteiger partial charge in [0.1, 0.15) is 29.3 Å². The van der Waals surface area contributed by atoms with Crippen LogP contribution in [0.5, 0.6) is 5.75 Å². The highest BCUT2D eigenvalue weighted by atomic mass is 35.5. The molecule has 1 N–H and O–H groups in total. The summed E-state index contributed by atoms with van der Waals surface area (Å²) in [6.07, 6.45) is 3.35. The van der Waals surface area contributed by atoms with Crippen LogP contribution in [-0.4, -0.2) is 22.1 Å². The lowest BCUT2D eigenvalue weighted by Crippen LogP contribution is -2.34. The molecule has 140 valence electrons. The van der Waals surface area contributed by atoms with Gasteiger partial charge in [-0.05, 0) is 35.9 Å². The number of benzene rings is 2. The van der Waals surface area contributed by atoms with Gasteiger partial charge in [0.05, 0.1) is 5.02 Å². The molecular formula is C19H16ClF2N3O2. The molecule has 1 atom stereocenters. The third-order valence-corrected chi connectivity index (χ3v) is 4.17. The van der Waals surface area contributed by atoms with E-state index in [1.807, 2.05) is 0 Å². The normalized spacial score (nSPS) is 11.9. The zero-order chi connectivity index (χ0) is 19.4. The Morgan fingerprint density at radius 2 is 1.93 bits per heavy atom. The molecule has 1 aromatic heterocycles. The van der Waals surface area contributed by atoms with Crippen LogP contribution in [0.1, 0.15) is 17.4 Å². The molecule has 0 radical (unpaired) electrons. The summed E-state index contributed by atoms with van der Waals surface area (Å²) in [6, 6.07) is 8.82. The number of imidazole rings is 1. The van der Waals surface area contributed by atoms with E-state index in [1.54, 1.807) is 36.1 Å². The van der Waals surface area contributed by atoms with Gasteiger partial charge in [-0.2, -0.15) is 0 Å². The first-order valence-corrected chi connectivity index (χ1v) is 8.41. The number of aryl methyl sites for hydroxylation is 1. The number of ether oxygens (including phenoxy) is 1. The Bertz CT molecular complexity index is 944. The van der Waals surface area contributed by atoms with Crippen molar-refractivity contribution in [1.29, 1.82) is 0 Å². The lowest BCUT2D eigenvalue weighted by Gasteiger charge is -2.19. The molecule has 0 saturated carbocycles. The quantitative estimate of drug-likeness (QED) is 0.698. The van der Waals surface area contributed by atoms with Gasteiger partial charge in [-0.15, -0.1) is 0 Å². The first kappa shape index (κ1) is 18.8. The number of hydrogen-bond acceptors (Lipinski definition) is 3. The minimum absolute atomic E-state index is 0.0713. The lowest BCUT2D eigenvalue weighted by molar-refractivity contribution is -0.123. The SMILES string of the molecule is Cn1ccnc1[C@H](NC(=O)COc1ccc(F)cc1Cl)c1ccc(F)cc1. The minimum Gasteiger partial charge on any atom is -0.482 e. The lowest BCUT2D eigenvalue weighted by atomic mass is 10.1. The standard InChI is InChI=1S/C19H16ClF2N3O2/c1-25-9-8-23-19(25)18(12-2-4-13(21)5-3-12)24-17(26)11-27-16-7-6-14(22)10-15(16)20/h2-10,18H,11H2,1H3,(H,24,26)/t18-/m1/s1. The van der Waals surface area contributed by atoms with Crippen molar-refractivity contribution in [1.82, 2.24) is 14.9 Å². The summed E-state index contributed by atoms with van der Waals surface area (Å²) in [7, 11) is 1.79. The maximum atomic E-state index is 13.2. The summed E-state index contributed by atoms with van der Waals surface area (Å²) in [5, 5.41) is 2.88. The second kappa shape index (κ2) is 8.18. The fraction of sp³-hybridized carbons (Fsp3) is 0.158. The fourth-order valence-corrected chi connectivity index (χ4v) is 2.77. The number of nitrogens with zero attached hydrogens (tertiary/aromatic N) is 2.